The Hall–Kier alpha value is -1.61. The summed E-state index contributed by atoms with van der Waals surface area (Å²) in [5, 5.41) is 10.2. The lowest BCUT2D eigenvalue weighted by Gasteiger charge is -2.26. The summed E-state index contributed by atoms with van der Waals surface area (Å²) in [5.41, 5.74) is 3.02. The molecule has 0 amide bonds. The lowest BCUT2D eigenvalue weighted by Crippen LogP contribution is -2.09. The van der Waals surface area contributed by atoms with Crippen molar-refractivity contribution in [2.75, 3.05) is 0 Å². The molecule has 0 saturated heterocycles. The van der Waals surface area contributed by atoms with Gasteiger partial charge in [0.25, 0.3) is 0 Å². The third-order valence-corrected chi connectivity index (χ3v) is 3.83. The molecule has 2 aromatic rings. The summed E-state index contributed by atoms with van der Waals surface area (Å²) in [6, 6.07) is 8.33. The monoisotopic (exact) mass is 242 g/mol. The Balaban J connectivity index is 1.79. The average Bonchev–Trinajstić information content (AvgIpc) is 2.74. The standard InChI is InChI=1S/C15H18N2O/c1-17-9-14(16-10-17)15(18)13-7-5-12(6-8-13)11-3-2-4-11/h5-11,15,18H,2-4H2,1H3. The van der Waals surface area contributed by atoms with Crippen molar-refractivity contribution in [3.05, 3.63) is 53.6 Å². The Morgan fingerprint density at radius 3 is 2.50 bits per heavy atom. The molecule has 3 nitrogen and oxygen atoms in total. The SMILES string of the molecule is Cn1cnc(C(O)c2ccc(C3CCC3)cc2)c1. The normalized spacial score (nSPS) is 17.4. The lowest BCUT2D eigenvalue weighted by atomic mass is 9.80. The second kappa shape index (κ2) is 4.58. The molecule has 18 heavy (non-hydrogen) atoms. The number of aryl methyl sites for hydroxylation is 1. The Bertz CT molecular complexity index is 526. The molecule has 3 heteroatoms. The van der Waals surface area contributed by atoms with Gasteiger partial charge in [0.1, 0.15) is 6.10 Å². The molecular formula is C15H18N2O. The summed E-state index contributed by atoms with van der Waals surface area (Å²) in [7, 11) is 1.91. The fraction of sp³-hybridized carbons (Fsp3) is 0.400. The highest BCUT2D eigenvalue weighted by atomic mass is 16.3. The molecule has 0 radical (unpaired) electrons. The summed E-state index contributed by atoms with van der Waals surface area (Å²) in [5.74, 6) is 0.742. The number of hydrogen-bond acceptors (Lipinski definition) is 2. The molecule has 1 aliphatic rings. The number of aromatic nitrogens is 2. The van der Waals surface area contributed by atoms with Gasteiger partial charge in [0.2, 0.25) is 0 Å². The van der Waals surface area contributed by atoms with Crippen LogP contribution in [0.25, 0.3) is 0 Å². The fourth-order valence-electron chi connectivity index (χ4n) is 2.44. The Morgan fingerprint density at radius 1 is 1.28 bits per heavy atom. The zero-order valence-corrected chi connectivity index (χ0v) is 10.6. The van der Waals surface area contributed by atoms with Crippen LogP contribution in [0.15, 0.2) is 36.8 Å². The van der Waals surface area contributed by atoms with Crippen molar-refractivity contribution in [3.63, 3.8) is 0 Å². The number of nitrogens with zero attached hydrogens (tertiary/aromatic N) is 2. The molecule has 0 spiro atoms. The van der Waals surface area contributed by atoms with Crippen molar-refractivity contribution >= 4 is 0 Å². The third kappa shape index (κ3) is 2.06. The van der Waals surface area contributed by atoms with E-state index in [1.165, 1.54) is 24.8 Å². The van der Waals surface area contributed by atoms with E-state index in [4.69, 9.17) is 0 Å². The minimum Gasteiger partial charge on any atom is -0.382 e. The highest BCUT2D eigenvalue weighted by Crippen LogP contribution is 2.36. The van der Waals surface area contributed by atoms with Crippen LogP contribution >= 0.6 is 0 Å². The van der Waals surface area contributed by atoms with Gasteiger partial charge in [0.05, 0.1) is 12.0 Å². The van der Waals surface area contributed by atoms with Crippen molar-refractivity contribution < 1.29 is 5.11 Å². The van der Waals surface area contributed by atoms with Gasteiger partial charge in [-0.15, -0.1) is 0 Å². The molecule has 0 bridgehead atoms. The Labute approximate surface area is 107 Å². The maximum absolute atomic E-state index is 10.2. The van der Waals surface area contributed by atoms with E-state index in [0.717, 1.165) is 11.5 Å². The third-order valence-electron chi connectivity index (χ3n) is 3.83. The van der Waals surface area contributed by atoms with E-state index < -0.39 is 6.10 Å². The summed E-state index contributed by atoms with van der Waals surface area (Å²) < 4.78 is 1.85. The van der Waals surface area contributed by atoms with E-state index in [9.17, 15) is 5.11 Å². The molecule has 1 aromatic heterocycles. The molecule has 1 atom stereocenters. The first-order chi connectivity index (χ1) is 8.74. The smallest absolute Gasteiger partial charge is 0.122 e. The van der Waals surface area contributed by atoms with Crippen LogP contribution in [0.4, 0.5) is 0 Å². The summed E-state index contributed by atoms with van der Waals surface area (Å²) >= 11 is 0. The molecule has 1 saturated carbocycles. The van der Waals surface area contributed by atoms with Crippen molar-refractivity contribution in [2.24, 2.45) is 7.05 Å². The van der Waals surface area contributed by atoms with Crippen LogP contribution in [0, 0.1) is 0 Å². The molecule has 3 rings (SSSR count). The van der Waals surface area contributed by atoms with E-state index in [0.29, 0.717) is 5.69 Å². The predicted octanol–water partition coefficient (Wildman–Crippen LogP) is 2.77. The van der Waals surface area contributed by atoms with Gasteiger partial charge in [-0.1, -0.05) is 30.7 Å². The molecule has 1 aromatic carbocycles. The molecule has 0 aliphatic heterocycles. The van der Waals surface area contributed by atoms with Crippen LogP contribution in [-0.2, 0) is 7.05 Å². The molecule has 1 fully saturated rings. The van der Waals surface area contributed by atoms with E-state index in [-0.39, 0.29) is 0 Å². The first kappa shape index (κ1) is 11.5. The summed E-state index contributed by atoms with van der Waals surface area (Å²) in [6.07, 6.45) is 6.90. The number of hydrogen-bond donors (Lipinski definition) is 1. The minimum absolute atomic E-state index is 0.623. The van der Waals surface area contributed by atoms with Gasteiger partial charge in [0.15, 0.2) is 0 Å². The zero-order valence-electron chi connectivity index (χ0n) is 10.6. The summed E-state index contributed by atoms with van der Waals surface area (Å²) in [4.78, 5) is 4.19. The van der Waals surface area contributed by atoms with Gasteiger partial charge in [-0.25, -0.2) is 4.98 Å². The average molecular weight is 242 g/mol. The highest BCUT2D eigenvalue weighted by molar-refractivity contribution is 5.30. The largest absolute Gasteiger partial charge is 0.382 e. The van der Waals surface area contributed by atoms with Gasteiger partial charge in [-0.3, -0.25) is 0 Å². The van der Waals surface area contributed by atoms with Crippen LogP contribution in [0.3, 0.4) is 0 Å². The topological polar surface area (TPSA) is 38.0 Å². The van der Waals surface area contributed by atoms with Gasteiger partial charge in [0, 0.05) is 13.2 Å². The first-order valence-corrected chi connectivity index (χ1v) is 6.50. The number of benzene rings is 1. The fourth-order valence-corrected chi connectivity index (χ4v) is 2.44. The minimum atomic E-state index is -0.623. The molecule has 94 valence electrons. The van der Waals surface area contributed by atoms with Crippen molar-refractivity contribution in [3.8, 4) is 0 Å². The van der Waals surface area contributed by atoms with Gasteiger partial charge >= 0.3 is 0 Å². The van der Waals surface area contributed by atoms with E-state index >= 15 is 0 Å². The van der Waals surface area contributed by atoms with E-state index in [1.807, 2.05) is 29.9 Å². The van der Waals surface area contributed by atoms with Crippen LogP contribution in [0.5, 0.6) is 0 Å². The Kier molecular flexibility index (Phi) is 2.92. The van der Waals surface area contributed by atoms with Gasteiger partial charge < -0.3 is 9.67 Å². The van der Waals surface area contributed by atoms with Gasteiger partial charge in [-0.2, -0.15) is 0 Å². The first-order valence-electron chi connectivity index (χ1n) is 6.50. The van der Waals surface area contributed by atoms with Crippen molar-refractivity contribution in [2.45, 2.75) is 31.3 Å². The molecule has 1 N–H and O–H groups in total. The number of rotatable bonds is 3. The number of aliphatic hydroxyl groups excluding tert-OH is 1. The zero-order chi connectivity index (χ0) is 12.5. The van der Waals surface area contributed by atoms with Crippen LogP contribution in [0.1, 0.15) is 48.1 Å². The van der Waals surface area contributed by atoms with E-state index in [2.05, 4.69) is 17.1 Å². The second-order valence-corrected chi connectivity index (χ2v) is 5.16. The lowest BCUT2D eigenvalue weighted by molar-refractivity contribution is 0.215. The maximum atomic E-state index is 10.2. The maximum Gasteiger partial charge on any atom is 0.122 e. The van der Waals surface area contributed by atoms with E-state index in [1.54, 1.807) is 6.33 Å². The van der Waals surface area contributed by atoms with Crippen LogP contribution in [-0.4, -0.2) is 14.7 Å². The number of imidazole rings is 1. The highest BCUT2D eigenvalue weighted by Gasteiger charge is 2.20. The quantitative estimate of drug-likeness (QED) is 0.898. The molecule has 1 heterocycles. The Morgan fingerprint density at radius 2 is 2.00 bits per heavy atom. The number of aliphatic hydroxyl groups is 1. The van der Waals surface area contributed by atoms with Crippen molar-refractivity contribution in [1.29, 1.82) is 0 Å². The van der Waals surface area contributed by atoms with Gasteiger partial charge in [-0.05, 0) is 29.9 Å². The predicted molar refractivity (Wildman–Crippen MR) is 70.3 cm³/mol. The van der Waals surface area contributed by atoms with Crippen molar-refractivity contribution in [1.82, 2.24) is 9.55 Å². The molecular weight excluding hydrogens is 224 g/mol. The molecule has 1 unspecified atom stereocenters. The van der Waals surface area contributed by atoms with Crippen LogP contribution < -0.4 is 0 Å². The molecule has 1 aliphatic carbocycles. The van der Waals surface area contributed by atoms with Crippen LogP contribution in [0.2, 0.25) is 0 Å². The second-order valence-electron chi connectivity index (χ2n) is 5.16. The summed E-state index contributed by atoms with van der Waals surface area (Å²) in [6.45, 7) is 0.